The van der Waals surface area contributed by atoms with Gasteiger partial charge in [0.2, 0.25) is 0 Å². The average molecular weight is 403 g/mol. The minimum atomic E-state index is -1.72. The molecular formula is C16H17N7O6. The molecule has 1 aliphatic carbocycles. The molecule has 5 rings (SSSR count). The third-order valence-corrected chi connectivity index (χ3v) is 5.15. The molecule has 5 atom stereocenters. The Hall–Kier alpha value is -3.13. The molecule has 0 bridgehead atoms. The second kappa shape index (κ2) is 5.93. The molecule has 0 radical (unpaired) electrons. The van der Waals surface area contributed by atoms with E-state index in [-0.39, 0.29) is 35.1 Å². The van der Waals surface area contributed by atoms with Gasteiger partial charge in [0.15, 0.2) is 23.3 Å². The summed E-state index contributed by atoms with van der Waals surface area (Å²) in [5.74, 6) is -0.427. The number of nitrogen functional groups attached to an aromatic ring is 1. The number of ether oxygens (including phenoxy) is 2. The van der Waals surface area contributed by atoms with Crippen molar-refractivity contribution in [3.63, 3.8) is 0 Å². The highest BCUT2D eigenvalue weighted by molar-refractivity contribution is 5.89. The molecule has 1 aliphatic heterocycles. The number of aliphatic hydroxyl groups is 3. The van der Waals surface area contributed by atoms with E-state index in [4.69, 9.17) is 15.2 Å². The lowest BCUT2D eigenvalue weighted by molar-refractivity contribution is -0.0942. The Labute approximate surface area is 162 Å². The van der Waals surface area contributed by atoms with Crippen LogP contribution in [0.3, 0.4) is 0 Å². The molecule has 0 spiro atoms. The fourth-order valence-corrected chi connectivity index (χ4v) is 3.51. The third-order valence-electron chi connectivity index (χ3n) is 5.15. The zero-order valence-corrected chi connectivity index (χ0v) is 15.1. The summed E-state index contributed by atoms with van der Waals surface area (Å²) >= 11 is 0. The first-order valence-corrected chi connectivity index (χ1v) is 8.82. The van der Waals surface area contributed by atoms with E-state index >= 15 is 0 Å². The van der Waals surface area contributed by atoms with Gasteiger partial charge in [-0.2, -0.15) is 15.1 Å². The van der Waals surface area contributed by atoms with Gasteiger partial charge >= 0.3 is 5.97 Å². The Bertz CT molecular complexity index is 1130. The van der Waals surface area contributed by atoms with Gasteiger partial charge in [-0.05, 0) is 6.92 Å². The molecule has 1 saturated carbocycles. The van der Waals surface area contributed by atoms with Crippen molar-refractivity contribution in [2.45, 2.75) is 37.1 Å². The van der Waals surface area contributed by atoms with Crippen molar-refractivity contribution in [1.82, 2.24) is 29.3 Å². The summed E-state index contributed by atoms with van der Waals surface area (Å²) in [4.78, 5) is 24.5. The standard InChI is InChI=1S/C16H17N7O6/c1-2-28-14(26)6-3-19-23(4-6)15-20-11(17)7-12(21-15)22(5-18-7)13-9(25)16(27)8(24)10(16)29-13/h3-5,8-10,13,24-25,27H,2H2,1H3,(H2,17,20,21)/t8?,9-,10+,13?,16-/m0/s1. The highest BCUT2D eigenvalue weighted by Crippen LogP contribution is 2.53. The number of fused-ring (bicyclic) bond motifs is 2. The van der Waals surface area contributed by atoms with E-state index in [1.54, 1.807) is 6.92 Å². The molecule has 29 heavy (non-hydrogen) atoms. The number of aromatic nitrogens is 6. The highest BCUT2D eigenvalue weighted by atomic mass is 16.6. The number of carbonyl (C=O) groups excluding carboxylic acids is 1. The minimum Gasteiger partial charge on any atom is -0.462 e. The van der Waals surface area contributed by atoms with E-state index in [1.807, 2.05) is 0 Å². The van der Waals surface area contributed by atoms with E-state index in [9.17, 15) is 20.1 Å². The SMILES string of the molecule is CCOC(=O)c1cnn(-c2nc(N)c3ncn(C4O[C@@H]5C(O)[C@]5(O)[C@H]4O)c3n2)c1. The second-order valence-corrected chi connectivity index (χ2v) is 6.85. The van der Waals surface area contributed by atoms with Crippen LogP contribution < -0.4 is 5.73 Å². The summed E-state index contributed by atoms with van der Waals surface area (Å²) in [5, 5.41) is 34.4. The normalized spacial score (nSPS) is 30.5. The van der Waals surface area contributed by atoms with Crippen LogP contribution in [0.25, 0.3) is 17.1 Å². The van der Waals surface area contributed by atoms with Crippen LogP contribution in [0.5, 0.6) is 0 Å². The maximum atomic E-state index is 11.8. The number of hydrogen-bond acceptors (Lipinski definition) is 11. The summed E-state index contributed by atoms with van der Waals surface area (Å²) in [5.41, 5.74) is 4.97. The number of anilines is 1. The molecular weight excluding hydrogens is 386 g/mol. The number of aliphatic hydroxyl groups excluding tert-OH is 2. The molecule has 0 aromatic carbocycles. The van der Waals surface area contributed by atoms with Crippen LogP contribution in [0, 0.1) is 0 Å². The van der Waals surface area contributed by atoms with Crippen molar-refractivity contribution in [2.24, 2.45) is 0 Å². The van der Waals surface area contributed by atoms with Crippen LogP contribution in [0.2, 0.25) is 0 Å². The Morgan fingerprint density at radius 3 is 2.86 bits per heavy atom. The van der Waals surface area contributed by atoms with E-state index < -0.39 is 36.1 Å². The first-order chi connectivity index (χ1) is 13.9. The molecule has 2 unspecified atom stereocenters. The quantitative estimate of drug-likeness (QED) is 0.358. The number of rotatable bonds is 4. The van der Waals surface area contributed by atoms with Crippen molar-refractivity contribution in [3.05, 3.63) is 24.3 Å². The van der Waals surface area contributed by atoms with E-state index in [0.29, 0.717) is 0 Å². The molecule has 4 heterocycles. The van der Waals surface area contributed by atoms with Crippen LogP contribution in [-0.2, 0) is 9.47 Å². The van der Waals surface area contributed by atoms with Crippen molar-refractivity contribution in [1.29, 1.82) is 0 Å². The monoisotopic (exact) mass is 403 g/mol. The molecule has 0 amide bonds. The predicted molar refractivity (Wildman–Crippen MR) is 93.7 cm³/mol. The molecule has 3 aromatic rings. The van der Waals surface area contributed by atoms with Gasteiger partial charge < -0.3 is 30.5 Å². The lowest BCUT2D eigenvalue weighted by Crippen LogP contribution is -2.36. The molecule has 152 valence electrons. The summed E-state index contributed by atoms with van der Waals surface area (Å²) in [7, 11) is 0. The second-order valence-electron chi connectivity index (χ2n) is 6.85. The number of carbonyl (C=O) groups is 1. The van der Waals surface area contributed by atoms with Crippen LogP contribution in [-0.4, -0.2) is 81.1 Å². The molecule has 5 N–H and O–H groups in total. The smallest absolute Gasteiger partial charge is 0.341 e. The van der Waals surface area contributed by atoms with Gasteiger partial charge in [0.05, 0.1) is 24.7 Å². The molecule has 13 nitrogen and oxygen atoms in total. The third kappa shape index (κ3) is 2.38. The number of imidazole rings is 1. The molecule has 1 saturated heterocycles. The molecule has 2 fully saturated rings. The summed E-state index contributed by atoms with van der Waals surface area (Å²) in [6.07, 6.45) is -0.392. The van der Waals surface area contributed by atoms with Gasteiger partial charge in [-0.15, -0.1) is 0 Å². The Morgan fingerprint density at radius 1 is 1.38 bits per heavy atom. The van der Waals surface area contributed by atoms with Gasteiger partial charge in [0.25, 0.3) is 5.95 Å². The van der Waals surface area contributed by atoms with Crippen molar-refractivity contribution in [3.8, 4) is 5.95 Å². The largest absolute Gasteiger partial charge is 0.462 e. The average Bonchev–Trinajstić information content (AvgIpc) is 3.19. The lowest BCUT2D eigenvalue weighted by atomic mass is 10.1. The highest BCUT2D eigenvalue weighted by Gasteiger charge is 2.76. The van der Waals surface area contributed by atoms with E-state index in [0.717, 1.165) is 0 Å². The molecule has 3 aromatic heterocycles. The van der Waals surface area contributed by atoms with E-state index in [2.05, 4.69) is 20.1 Å². The van der Waals surface area contributed by atoms with Crippen molar-refractivity contribution in [2.75, 3.05) is 12.3 Å². The summed E-state index contributed by atoms with van der Waals surface area (Å²) in [6.45, 7) is 1.92. The first-order valence-electron chi connectivity index (χ1n) is 8.82. The number of nitrogens with zero attached hydrogens (tertiary/aromatic N) is 6. The molecule has 13 heteroatoms. The van der Waals surface area contributed by atoms with E-state index in [1.165, 1.54) is 28.0 Å². The van der Waals surface area contributed by atoms with Crippen LogP contribution >= 0.6 is 0 Å². The molecule has 2 aliphatic rings. The summed E-state index contributed by atoms with van der Waals surface area (Å²) in [6, 6.07) is 0. The van der Waals surface area contributed by atoms with Gasteiger partial charge in [-0.25, -0.2) is 14.5 Å². The van der Waals surface area contributed by atoms with Crippen LogP contribution in [0.4, 0.5) is 5.82 Å². The van der Waals surface area contributed by atoms with Gasteiger partial charge in [0.1, 0.15) is 23.8 Å². The topological polar surface area (TPSA) is 184 Å². The van der Waals surface area contributed by atoms with Crippen LogP contribution in [0.1, 0.15) is 23.5 Å². The minimum absolute atomic E-state index is 0.0494. The fraction of sp³-hybridized carbons (Fsp3) is 0.438. The zero-order valence-electron chi connectivity index (χ0n) is 15.1. The Morgan fingerprint density at radius 2 is 2.17 bits per heavy atom. The van der Waals surface area contributed by atoms with Crippen molar-refractivity contribution < 1.29 is 29.6 Å². The predicted octanol–water partition coefficient (Wildman–Crippen LogP) is -1.87. The Kier molecular flexibility index (Phi) is 3.67. The maximum absolute atomic E-state index is 11.8. The number of nitrogens with two attached hydrogens (primary N) is 1. The fourth-order valence-electron chi connectivity index (χ4n) is 3.51. The summed E-state index contributed by atoms with van der Waals surface area (Å²) < 4.78 is 13.1. The van der Waals surface area contributed by atoms with Gasteiger partial charge in [-0.1, -0.05) is 0 Å². The van der Waals surface area contributed by atoms with Crippen LogP contribution in [0.15, 0.2) is 18.7 Å². The van der Waals surface area contributed by atoms with Gasteiger partial charge in [0, 0.05) is 6.20 Å². The lowest BCUT2D eigenvalue weighted by Gasteiger charge is -2.22. The first kappa shape index (κ1) is 17.9. The number of hydrogen-bond donors (Lipinski definition) is 4. The Balaban J connectivity index is 1.53. The zero-order chi connectivity index (χ0) is 20.5. The number of esters is 1. The van der Waals surface area contributed by atoms with Crippen molar-refractivity contribution >= 4 is 23.0 Å². The maximum Gasteiger partial charge on any atom is 0.341 e. The van der Waals surface area contributed by atoms with Gasteiger partial charge in [-0.3, -0.25) is 4.57 Å².